The summed E-state index contributed by atoms with van der Waals surface area (Å²) < 4.78 is 2.67. The molecule has 0 amide bonds. The first-order chi connectivity index (χ1) is 19.5. The summed E-state index contributed by atoms with van der Waals surface area (Å²) in [7, 11) is -1.32. The number of thiophene rings is 1. The molecule has 0 unspecified atom stereocenters. The van der Waals surface area contributed by atoms with Crippen LogP contribution in [0.1, 0.15) is 37.2 Å². The van der Waals surface area contributed by atoms with Crippen molar-refractivity contribution in [3.63, 3.8) is 0 Å². The molecule has 0 saturated heterocycles. The average Bonchev–Trinajstić information content (AvgIpc) is 3.66. The van der Waals surface area contributed by atoms with Gasteiger partial charge in [-0.25, -0.2) is 0 Å². The molecule has 1 fully saturated rings. The standard InChI is InChI=1S/C25H26NSSi.C11H8N.Ir/c1-28(2,3)19-12-14-24-22(15-19)20-9-6-10-21(25(20)27-24)23-13-11-18(16-26-23)17-7-4-5-8-17;1-2-6-10(7-3-1)11-8-4-5-9-12-11;/h6,9,11-17H,4-5,7-8H2,1-3H3;1-6,8-9H;/q2*-1;. The summed E-state index contributed by atoms with van der Waals surface area (Å²) in [6.07, 6.45) is 9.25. The summed E-state index contributed by atoms with van der Waals surface area (Å²) in [5.41, 5.74) is 5.61. The van der Waals surface area contributed by atoms with Gasteiger partial charge in [0.2, 0.25) is 0 Å². The Labute approximate surface area is 262 Å². The fourth-order valence-electron chi connectivity index (χ4n) is 5.53. The largest absolute Gasteiger partial charge is 0.305 e. The molecule has 0 aliphatic heterocycles. The first-order valence-electron chi connectivity index (χ1n) is 14.2. The summed E-state index contributed by atoms with van der Waals surface area (Å²) >= 11 is 1.88. The molecule has 6 aromatic rings. The molecule has 3 heterocycles. The van der Waals surface area contributed by atoms with Gasteiger partial charge in [0, 0.05) is 37.2 Å². The zero-order valence-corrected chi connectivity index (χ0v) is 28.0. The summed E-state index contributed by atoms with van der Waals surface area (Å²) in [5, 5.41) is 4.25. The maximum absolute atomic E-state index is 4.85. The molecule has 0 bridgehead atoms. The number of hydrogen-bond acceptors (Lipinski definition) is 3. The Morgan fingerprint density at radius 3 is 2.29 bits per heavy atom. The van der Waals surface area contributed by atoms with Crippen LogP contribution >= 0.6 is 11.3 Å². The van der Waals surface area contributed by atoms with Crippen LogP contribution in [0, 0.1) is 12.1 Å². The smallest absolute Gasteiger partial charge is 0.0776 e. The van der Waals surface area contributed by atoms with Crippen LogP contribution in [0.4, 0.5) is 0 Å². The summed E-state index contributed by atoms with van der Waals surface area (Å²) in [6.45, 7) is 7.24. The van der Waals surface area contributed by atoms with Gasteiger partial charge in [0.05, 0.1) is 8.07 Å². The van der Waals surface area contributed by atoms with Crippen molar-refractivity contribution in [3.8, 4) is 22.5 Å². The normalized spacial score (nSPS) is 13.5. The van der Waals surface area contributed by atoms with E-state index in [2.05, 4.69) is 85.4 Å². The second-order valence-electron chi connectivity index (χ2n) is 11.6. The van der Waals surface area contributed by atoms with Crippen LogP contribution in [-0.4, -0.2) is 18.0 Å². The molecule has 41 heavy (non-hydrogen) atoms. The zero-order chi connectivity index (χ0) is 27.5. The van der Waals surface area contributed by atoms with Crippen LogP contribution in [0.25, 0.3) is 42.7 Å². The van der Waals surface area contributed by atoms with Crippen molar-refractivity contribution < 1.29 is 20.1 Å². The van der Waals surface area contributed by atoms with E-state index in [1.807, 2.05) is 53.8 Å². The molecule has 0 spiro atoms. The van der Waals surface area contributed by atoms with E-state index >= 15 is 0 Å². The van der Waals surface area contributed by atoms with Gasteiger partial charge >= 0.3 is 0 Å². The average molecular weight is 747 g/mol. The Morgan fingerprint density at radius 2 is 1.61 bits per heavy atom. The molecule has 2 nitrogen and oxygen atoms in total. The Bertz CT molecular complexity index is 1680. The Kier molecular flexibility index (Phi) is 9.30. The predicted molar refractivity (Wildman–Crippen MR) is 174 cm³/mol. The third-order valence-corrected chi connectivity index (χ3v) is 11.1. The van der Waals surface area contributed by atoms with Crippen molar-refractivity contribution in [2.75, 3.05) is 0 Å². The topological polar surface area (TPSA) is 25.8 Å². The Balaban J connectivity index is 0.000000218. The predicted octanol–water partition coefficient (Wildman–Crippen LogP) is 9.67. The van der Waals surface area contributed by atoms with Gasteiger partial charge in [0.1, 0.15) is 0 Å². The molecular weight excluding hydrogens is 713 g/mol. The summed E-state index contributed by atoms with van der Waals surface area (Å²) in [5.74, 6) is 0.714. The molecule has 1 radical (unpaired) electrons. The molecule has 1 aliphatic carbocycles. The van der Waals surface area contributed by atoms with Gasteiger partial charge in [-0.2, -0.15) is 11.3 Å². The number of rotatable bonds is 4. The van der Waals surface area contributed by atoms with E-state index in [9.17, 15) is 0 Å². The van der Waals surface area contributed by atoms with Crippen LogP contribution in [0.15, 0.2) is 97.3 Å². The van der Waals surface area contributed by atoms with Gasteiger partial charge < -0.3 is 9.97 Å². The van der Waals surface area contributed by atoms with Crippen LogP contribution in [0.5, 0.6) is 0 Å². The van der Waals surface area contributed by atoms with Crippen LogP contribution in [-0.2, 0) is 20.1 Å². The molecule has 209 valence electrons. The molecule has 1 saturated carbocycles. The van der Waals surface area contributed by atoms with Gasteiger partial charge in [-0.15, -0.1) is 59.7 Å². The number of nitrogens with zero attached hydrogens (tertiary/aromatic N) is 2. The minimum atomic E-state index is -1.32. The van der Waals surface area contributed by atoms with E-state index in [0.29, 0.717) is 5.92 Å². The van der Waals surface area contributed by atoms with Crippen LogP contribution < -0.4 is 5.19 Å². The zero-order valence-electron chi connectivity index (χ0n) is 23.8. The van der Waals surface area contributed by atoms with E-state index in [0.717, 1.165) is 22.5 Å². The fourth-order valence-corrected chi connectivity index (χ4v) is 7.88. The third kappa shape index (κ3) is 6.60. The van der Waals surface area contributed by atoms with E-state index < -0.39 is 8.07 Å². The van der Waals surface area contributed by atoms with Crippen molar-refractivity contribution in [1.29, 1.82) is 0 Å². The maximum Gasteiger partial charge on any atom is 0.0776 e. The fraction of sp³-hybridized carbons (Fsp3) is 0.222. The molecule has 0 atom stereocenters. The Morgan fingerprint density at radius 1 is 0.780 bits per heavy atom. The summed E-state index contributed by atoms with van der Waals surface area (Å²) in [4.78, 5) is 9.07. The maximum atomic E-state index is 4.85. The van der Waals surface area contributed by atoms with E-state index in [4.69, 9.17) is 4.98 Å². The van der Waals surface area contributed by atoms with Gasteiger partial charge in [-0.3, -0.25) is 0 Å². The Hall–Kier alpha value is -2.95. The van der Waals surface area contributed by atoms with Crippen molar-refractivity contribution in [3.05, 3.63) is 115 Å². The van der Waals surface area contributed by atoms with Gasteiger partial charge in [0.25, 0.3) is 0 Å². The van der Waals surface area contributed by atoms with Crippen molar-refractivity contribution in [1.82, 2.24) is 9.97 Å². The van der Waals surface area contributed by atoms with Crippen molar-refractivity contribution in [2.24, 2.45) is 0 Å². The number of benzene rings is 3. The first-order valence-corrected chi connectivity index (χ1v) is 18.5. The quantitative estimate of drug-likeness (QED) is 0.133. The molecule has 0 N–H and O–H groups in total. The van der Waals surface area contributed by atoms with E-state index in [1.54, 1.807) is 6.20 Å². The molecular formula is C36H34IrN2SSi-2. The minimum Gasteiger partial charge on any atom is -0.305 e. The minimum absolute atomic E-state index is 0. The monoisotopic (exact) mass is 747 g/mol. The van der Waals surface area contributed by atoms with E-state index in [-0.39, 0.29) is 20.1 Å². The number of fused-ring (bicyclic) bond motifs is 3. The molecule has 3 aromatic heterocycles. The molecule has 1 aliphatic rings. The first kappa shape index (κ1) is 29.5. The third-order valence-electron chi connectivity index (χ3n) is 7.82. The summed E-state index contributed by atoms with van der Waals surface area (Å²) in [6, 6.07) is 36.2. The van der Waals surface area contributed by atoms with Gasteiger partial charge in [-0.1, -0.05) is 79.5 Å². The van der Waals surface area contributed by atoms with Crippen molar-refractivity contribution in [2.45, 2.75) is 51.2 Å². The van der Waals surface area contributed by atoms with Gasteiger partial charge in [-0.05, 0) is 57.9 Å². The molecule has 5 heteroatoms. The molecule has 7 rings (SSSR count). The number of hydrogen-bond donors (Lipinski definition) is 0. The molecule has 3 aromatic carbocycles. The van der Waals surface area contributed by atoms with Crippen molar-refractivity contribution >= 4 is 44.8 Å². The number of aromatic nitrogens is 2. The van der Waals surface area contributed by atoms with Gasteiger partial charge in [0.15, 0.2) is 0 Å². The number of pyridine rings is 2. The van der Waals surface area contributed by atoms with E-state index in [1.165, 1.54) is 56.6 Å². The van der Waals surface area contributed by atoms with Crippen LogP contribution in [0.3, 0.4) is 0 Å². The SMILES string of the molecule is C[Si](C)(C)c1ccc2sc3c(-c4ccc(C5CCCC5)cn4)[c-]ccc3c2c1.[Ir].[c-]1ccccc1-c1ccccn1. The second-order valence-corrected chi connectivity index (χ2v) is 17.7. The van der Waals surface area contributed by atoms with Crippen LogP contribution in [0.2, 0.25) is 19.6 Å². The second kappa shape index (κ2) is 12.9.